The van der Waals surface area contributed by atoms with Gasteiger partial charge in [0.1, 0.15) is 0 Å². The molecule has 1 saturated heterocycles. The molecule has 2 rings (SSSR count). The molecule has 2 N–H and O–H groups in total. The lowest BCUT2D eigenvalue weighted by atomic mass is 9.88. The van der Waals surface area contributed by atoms with E-state index in [1.54, 1.807) is 14.2 Å². The van der Waals surface area contributed by atoms with Crippen molar-refractivity contribution < 1.29 is 14.6 Å². The molecule has 0 bridgehead atoms. The van der Waals surface area contributed by atoms with Crippen molar-refractivity contribution in [2.45, 2.75) is 31.9 Å². The molecule has 0 saturated carbocycles. The number of para-hydroxylation sites is 1. The van der Waals surface area contributed by atoms with Crippen molar-refractivity contribution in [2.75, 3.05) is 20.8 Å². The second kappa shape index (κ2) is 6.26. The first-order valence-electron chi connectivity index (χ1n) is 6.79. The maximum atomic E-state index is 10.6. The topological polar surface area (TPSA) is 50.7 Å². The minimum atomic E-state index is -0.576. The maximum absolute atomic E-state index is 10.6. The normalized spacial score (nSPS) is 24.8. The van der Waals surface area contributed by atoms with E-state index in [-0.39, 0.29) is 6.04 Å². The molecule has 1 fully saturated rings. The largest absolute Gasteiger partial charge is 0.493 e. The predicted octanol–water partition coefficient (Wildman–Crippen LogP) is 2.13. The van der Waals surface area contributed by atoms with Crippen molar-refractivity contribution in [3.63, 3.8) is 0 Å². The SMILES string of the molecule is COc1cccc(C(O)C2CC(C)CCN2)c1OC. The molecule has 4 heteroatoms. The Balaban J connectivity index is 2.25. The Morgan fingerprint density at radius 3 is 2.74 bits per heavy atom. The second-order valence-corrected chi connectivity index (χ2v) is 5.22. The van der Waals surface area contributed by atoms with E-state index in [0.717, 1.165) is 18.5 Å². The number of hydrogen-bond donors (Lipinski definition) is 2. The molecule has 0 amide bonds. The molecule has 0 aliphatic carbocycles. The molecule has 1 aliphatic rings. The van der Waals surface area contributed by atoms with Crippen LogP contribution in [0.1, 0.15) is 31.4 Å². The van der Waals surface area contributed by atoms with Gasteiger partial charge in [0.05, 0.1) is 20.3 Å². The summed E-state index contributed by atoms with van der Waals surface area (Å²) in [7, 11) is 3.21. The van der Waals surface area contributed by atoms with Gasteiger partial charge in [0, 0.05) is 11.6 Å². The van der Waals surface area contributed by atoms with Crippen molar-refractivity contribution in [3.8, 4) is 11.5 Å². The van der Waals surface area contributed by atoms with Crippen molar-refractivity contribution in [1.82, 2.24) is 5.32 Å². The van der Waals surface area contributed by atoms with Crippen molar-refractivity contribution in [3.05, 3.63) is 23.8 Å². The summed E-state index contributed by atoms with van der Waals surface area (Å²) in [5.41, 5.74) is 0.786. The van der Waals surface area contributed by atoms with Crippen LogP contribution in [0, 0.1) is 5.92 Å². The van der Waals surface area contributed by atoms with Gasteiger partial charge < -0.3 is 19.9 Å². The molecule has 1 aromatic carbocycles. The van der Waals surface area contributed by atoms with E-state index in [4.69, 9.17) is 9.47 Å². The van der Waals surface area contributed by atoms with Crippen LogP contribution >= 0.6 is 0 Å². The summed E-state index contributed by atoms with van der Waals surface area (Å²) in [6.07, 6.45) is 1.56. The van der Waals surface area contributed by atoms with Gasteiger partial charge in [-0.05, 0) is 31.4 Å². The summed E-state index contributed by atoms with van der Waals surface area (Å²) in [6.45, 7) is 3.18. The fourth-order valence-electron chi connectivity index (χ4n) is 2.75. The van der Waals surface area contributed by atoms with Gasteiger partial charge in [0.2, 0.25) is 0 Å². The number of aliphatic hydroxyl groups excluding tert-OH is 1. The van der Waals surface area contributed by atoms with E-state index in [0.29, 0.717) is 17.4 Å². The molecule has 3 atom stereocenters. The minimum absolute atomic E-state index is 0.0738. The molecule has 0 radical (unpaired) electrons. The molecular formula is C15H23NO3. The molecule has 19 heavy (non-hydrogen) atoms. The summed E-state index contributed by atoms with van der Waals surface area (Å²) in [5, 5.41) is 14.0. The molecule has 4 nitrogen and oxygen atoms in total. The Hall–Kier alpha value is -1.26. The van der Waals surface area contributed by atoms with Crippen LogP contribution < -0.4 is 14.8 Å². The third-order valence-corrected chi connectivity index (χ3v) is 3.83. The zero-order chi connectivity index (χ0) is 13.8. The number of benzene rings is 1. The number of ether oxygens (including phenoxy) is 2. The fourth-order valence-corrected chi connectivity index (χ4v) is 2.75. The number of rotatable bonds is 4. The number of nitrogens with one attached hydrogen (secondary N) is 1. The molecule has 1 aromatic rings. The van der Waals surface area contributed by atoms with Gasteiger partial charge in [-0.1, -0.05) is 19.1 Å². The van der Waals surface area contributed by atoms with Gasteiger partial charge in [0.25, 0.3) is 0 Å². The first kappa shape index (κ1) is 14.2. The number of piperidine rings is 1. The molecule has 1 aliphatic heterocycles. The van der Waals surface area contributed by atoms with Gasteiger partial charge in [-0.3, -0.25) is 0 Å². The van der Waals surface area contributed by atoms with Gasteiger partial charge in [-0.2, -0.15) is 0 Å². The third kappa shape index (κ3) is 3.01. The van der Waals surface area contributed by atoms with E-state index < -0.39 is 6.10 Å². The van der Waals surface area contributed by atoms with Crippen LogP contribution in [0.5, 0.6) is 11.5 Å². The van der Waals surface area contributed by atoms with E-state index in [1.807, 2.05) is 18.2 Å². The fraction of sp³-hybridized carbons (Fsp3) is 0.600. The standard InChI is InChI=1S/C15H23NO3/c1-10-7-8-16-12(9-10)14(17)11-5-4-6-13(18-2)15(11)19-3/h4-6,10,12,14,16-17H,7-9H2,1-3H3. The lowest BCUT2D eigenvalue weighted by Crippen LogP contribution is -2.41. The summed E-state index contributed by atoms with van der Waals surface area (Å²) < 4.78 is 10.7. The highest BCUT2D eigenvalue weighted by atomic mass is 16.5. The third-order valence-electron chi connectivity index (χ3n) is 3.83. The average Bonchev–Trinajstić information content (AvgIpc) is 2.45. The number of aliphatic hydroxyl groups is 1. The van der Waals surface area contributed by atoms with E-state index in [1.165, 1.54) is 6.42 Å². The molecule has 0 aromatic heterocycles. The second-order valence-electron chi connectivity index (χ2n) is 5.22. The van der Waals surface area contributed by atoms with E-state index in [9.17, 15) is 5.11 Å². The average molecular weight is 265 g/mol. The van der Waals surface area contributed by atoms with Gasteiger partial charge in [-0.15, -0.1) is 0 Å². The molecule has 1 heterocycles. The van der Waals surface area contributed by atoms with Gasteiger partial charge in [0.15, 0.2) is 11.5 Å². The highest BCUT2D eigenvalue weighted by Gasteiger charge is 2.28. The Kier molecular flexibility index (Phi) is 4.66. The molecule has 0 spiro atoms. The van der Waals surface area contributed by atoms with E-state index in [2.05, 4.69) is 12.2 Å². The Morgan fingerprint density at radius 1 is 1.32 bits per heavy atom. The molecule has 3 unspecified atom stereocenters. The van der Waals surface area contributed by atoms with Gasteiger partial charge >= 0.3 is 0 Å². The van der Waals surface area contributed by atoms with Gasteiger partial charge in [-0.25, -0.2) is 0 Å². The first-order chi connectivity index (χ1) is 9.17. The van der Waals surface area contributed by atoms with Crippen LogP contribution in [0.15, 0.2) is 18.2 Å². The van der Waals surface area contributed by atoms with Crippen LogP contribution in [0.4, 0.5) is 0 Å². The van der Waals surface area contributed by atoms with Crippen molar-refractivity contribution in [1.29, 1.82) is 0 Å². The number of methoxy groups -OCH3 is 2. The monoisotopic (exact) mass is 265 g/mol. The van der Waals surface area contributed by atoms with Crippen LogP contribution in [-0.4, -0.2) is 31.9 Å². The quantitative estimate of drug-likeness (QED) is 0.875. The predicted molar refractivity (Wildman–Crippen MR) is 74.7 cm³/mol. The van der Waals surface area contributed by atoms with Crippen LogP contribution in [0.25, 0.3) is 0 Å². The lowest BCUT2D eigenvalue weighted by Gasteiger charge is -2.32. The van der Waals surface area contributed by atoms with E-state index >= 15 is 0 Å². The Bertz CT molecular complexity index is 422. The first-order valence-corrected chi connectivity index (χ1v) is 6.79. The van der Waals surface area contributed by atoms with Crippen LogP contribution in [-0.2, 0) is 0 Å². The number of hydrogen-bond acceptors (Lipinski definition) is 4. The highest BCUT2D eigenvalue weighted by Crippen LogP contribution is 2.37. The van der Waals surface area contributed by atoms with Crippen molar-refractivity contribution >= 4 is 0 Å². The van der Waals surface area contributed by atoms with Crippen molar-refractivity contribution in [2.24, 2.45) is 5.92 Å². The zero-order valence-electron chi connectivity index (χ0n) is 11.8. The Labute approximate surface area is 114 Å². The lowest BCUT2D eigenvalue weighted by molar-refractivity contribution is 0.0985. The summed E-state index contributed by atoms with van der Waals surface area (Å²) >= 11 is 0. The molecule has 106 valence electrons. The Morgan fingerprint density at radius 2 is 2.11 bits per heavy atom. The smallest absolute Gasteiger partial charge is 0.166 e. The zero-order valence-corrected chi connectivity index (χ0v) is 11.8. The summed E-state index contributed by atoms with van der Waals surface area (Å²) in [5.74, 6) is 1.91. The van der Waals surface area contributed by atoms with Crippen LogP contribution in [0.2, 0.25) is 0 Å². The minimum Gasteiger partial charge on any atom is -0.493 e. The highest BCUT2D eigenvalue weighted by molar-refractivity contribution is 5.48. The maximum Gasteiger partial charge on any atom is 0.166 e. The summed E-state index contributed by atoms with van der Waals surface area (Å²) in [6, 6.07) is 5.69. The summed E-state index contributed by atoms with van der Waals surface area (Å²) in [4.78, 5) is 0. The van der Waals surface area contributed by atoms with Crippen LogP contribution in [0.3, 0.4) is 0 Å². The molecular weight excluding hydrogens is 242 g/mol.